The molecule has 0 fully saturated rings. The Hall–Kier alpha value is -3.64. The highest BCUT2D eigenvalue weighted by atomic mass is 32.1. The number of nitrogens with zero attached hydrogens (tertiary/aromatic N) is 4. The minimum atomic E-state index is -0.542. The minimum Gasteiger partial charge on any atom is -0.270 e. The summed E-state index contributed by atoms with van der Waals surface area (Å²) < 4.78 is 13.0. The zero-order chi connectivity index (χ0) is 18.5. The maximum atomic E-state index is 13.0. The van der Waals surface area contributed by atoms with Gasteiger partial charge in [0.15, 0.2) is 10.7 Å². The molecule has 1 heterocycles. The van der Waals surface area contributed by atoms with Crippen molar-refractivity contribution < 1.29 is 9.31 Å². The third-order valence-electron chi connectivity index (χ3n) is 3.34. The van der Waals surface area contributed by atoms with Crippen molar-refractivity contribution in [1.29, 1.82) is 5.26 Å². The number of hydrogen-bond acceptors (Lipinski definition) is 7. The van der Waals surface area contributed by atoms with Crippen LogP contribution < -0.4 is 5.43 Å². The highest BCUT2D eigenvalue weighted by Crippen LogP contribution is 2.25. The molecule has 0 saturated heterocycles. The molecular weight excluding hydrogens is 357 g/mol. The maximum absolute atomic E-state index is 13.0. The van der Waals surface area contributed by atoms with Crippen LogP contribution in [0.4, 0.5) is 15.8 Å². The Morgan fingerprint density at radius 1 is 1.27 bits per heavy atom. The predicted octanol–water partition coefficient (Wildman–Crippen LogP) is 4.20. The number of nitro benzene ring substituents is 1. The Morgan fingerprint density at radius 3 is 2.69 bits per heavy atom. The maximum Gasteiger partial charge on any atom is 0.294 e. The zero-order valence-corrected chi connectivity index (χ0v) is 13.9. The molecule has 128 valence electrons. The van der Waals surface area contributed by atoms with Crippen LogP contribution in [0.1, 0.15) is 5.01 Å². The van der Waals surface area contributed by atoms with E-state index in [9.17, 15) is 19.8 Å². The van der Waals surface area contributed by atoms with E-state index in [4.69, 9.17) is 0 Å². The van der Waals surface area contributed by atoms with Gasteiger partial charge in [-0.1, -0.05) is 12.1 Å². The molecule has 0 saturated carbocycles. The number of para-hydroxylation sites is 2. The third kappa shape index (κ3) is 3.71. The summed E-state index contributed by atoms with van der Waals surface area (Å²) in [5.74, 6) is -0.350. The number of anilines is 1. The van der Waals surface area contributed by atoms with Crippen LogP contribution in [0.15, 0.2) is 59.0 Å². The van der Waals surface area contributed by atoms with E-state index in [0.29, 0.717) is 16.3 Å². The molecule has 1 aromatic heterocycles. The number of benzene rings is 2. The van der Waals surface area contributed by atoms with E-state index < -0.39 is 4.92 Å². The van der Waals surface area contributed by atoms with Gasteiger partial charge in [0.05, 0.1) is 10.6 Å². The largest absolute Gasteiger partial charge is 0.294 e. The third-order valence-corrected chi connectivity index (χ3v) is 4.19. The van der Waals surface area contributed by atoms with Gasteiger partial charge in [-0.05, 0) is 30.3 Å². The molecule has 0 spiro atoms. The summed E-state index contributed by atoms with van der Waals surface area (Å²) in [6.07, 6.45) is 0. The number of hydrogen-bond donors (Lipinski definition) is 1. The van der Waals surface area contributed by atoms with E-state index in [-0.39, 0.29) is 22.9 Å². The Labute approximate surface area is 151 Å². The highest BCUT2D eigenvalue weighted by molar-refractivity contribution is 7.12. The van der Waals surface area contributed by atoms with Crippen LogP contribution in [0.2, 0.25) is 0 Å². The lowest BCUT2D eigenvalue weighted by molar-refractivity contribution is -0.384. The fourth-order valence-electron chi connectivity index (χ4n) is 2.10. The summed E-state index contributed by atoms with van der Waals surface area (Å²) in [5, 5.41) is 26.3. The Balaban J connectivity index is 1.86. The van der Waals surface area contributed by atoms with Gasteiger partial charge in [-0.25, -0.2) is 9.37 Å². The average molecular weight is 367 g/mol. The second-order valence-electron chi connectivity index (χ2n) is 5.00. The van der Waals surface area contributed by atoms with E-state index in [1.54, 1.807) is 23.6 Å². The minimum absolute atomic E-state index is 0.0125. The molecule has 0 unspecified atom stereocenters. The topological polar surface area (TPSA) is 104 Å². The van der Waals surface area contributed by atoms with Crippen molar-refractivity contribution in [3.63, 3.8) is 0 Å². The van der Waals surface area contributed by atoms with Crippen LogP contribution in [0, 0.1) is 27.3 Å². The molecule has 26 heavy (non-hydrogen) atoms. The molecular formula is C17H10FN5O2S. The fraction of sp³-hybridized carbons (Fsp3) is 0. The van der Waals surface area contributed by atoms with Crippen LogP contribution in [-0.4, -0.2) is 15.6 Å². The highest BCUT2D eigenvalue weighted by Gasteiger charge is 2.14. The quantitative estimate of drug-likeness (QED) is 0.413. The van der Waals surface area contributed by atoms with Gasteiger partial charge in [-0.15, -0.1) is 11.3 Å². The first-order valence-electron chi connectivity index (χ1n) is 7.27. The van der Waals surface area contributed by atoms with Gasteiger partial charge in [0.1, 0.15) is 17.6 Å². The van der Waals surface area contributed by atoms with Gasteiger partial charge in [0, 0.05) is 17.0 Å². The first-order valence-corrected chi connectivity index (χ1v) is 8.15. The lowest BCUT2D eigenvalue weighted by Gasteiger charge is -2.01. The number of rotatable bonds is 5. The first kappa shape index (κ1) is 17.2. The Morgan fingerprint density at radius 2 is 2.00 bits per heavy atom. The monoisotopic (exact) mass is 367 g/mol. The smallest absolute Gasteiger partial charge is 0.270 e. The molecule has 0 bridgehead atoms. The number of nitrogens with one attached hydrogen (secondary N) is 1. The van der Waals surface area contributed by atoms with Gasteiger partial charge in [0.2, 0.25) is 0 Å². The van der Waals surface area contributed by atoms with Crippen molar-refractivity contribution in [3.05, 3.63) is 74.9 Å². The predicted molar refractivity (Wildman–Crippen MR) is 96.4 cm³/mol. The molecule has 2 aromatic carbocycles. The van der Waals surface area contributed by atoms with Gasteiger partial charge in [0.25, 0.3) is 5.69 Å². The van der Waals surface area contributed by atoms with Crippen LogP contribution in [0.5, 0.6) is 0 Å². The number of thiazole rings is 1. The summed E-state index contributed by atoms with van der Waals surface area (Å²) in [6.45, 7) is 0. The van der Waals surface area contributed by atoms with Crippen molar-refractivity contribution >= 4 is 28.4 Å². The number of halogens is 1. The molecule has 0 aliphatic heterocycles. The van der Waals surface area contributed by atoms with E-state index in [1.807, 2.05) is 6.07 Å². The van der Waals surface area contributed by atoms with Crippen molar-refractivity contribution in [2.24, 2.45) is 5.10 Å². The SMILES string of the molecule is N#C/C(=N/Nc1ccccc1[N+](=O)[O-])c1nc(-c2ccc(F)cc2)cs1. The zero-order valence-electron chi connectivity index (χ0n) is 13.1. The average Bonchev–Trinajstić information content (AvgIpc) is 3.13. The molecule has 3 aromatic rings. The van der Waals surface area contributed by atoms with Crippen LogP contribution >= 0.6 is 11.3 Å². The fourth-order valence-corrected chi connectivity index (χ4v) is 2.87. The molecule has 3 rings (SSSR count). The van der Waals surface area contributed by atoms with E-state index in [2.05, 4.69) is 15.5 Å². The molecule has 1 N–H and O–H groups in total. The van der Waals surface area contributed by atoms with Gasteiger partial charge in [-0.2, -0.15) is 10.4 Å². The van der Waals surface area contributed by atoms with E-state index in [0.717, 1.165) is 0 Å². The molecule has 9 heteroatoms. The number of nitriles is 1. The van der Waals surface area contributed by atoms with E-state index in [1.165, 1.54) is 41.7 Å². The standard InChI is InChI=1S/C17H10FN5O2S/c18-12-7-5-11(6-8-12)15-10-26-17(20-15)14(9-19)22-21-13-3-1-2-4-16(13)23(24)25/h1-8,10,21H/b22-14-. The van der Waals surface area contributed by atoms with Gasteiger partial charge >= 0.3 is 0 Å². The van der Waals surface area contributed by atoms with Crippen molar-refractivity contribution in [2.75, 3.05) is 5.43 Å². The first-order chi connectivity index (χ1) is 12.6. The normalized spacial score (nSPS) is 11.0. The number of aromatic nitrogens is 1. The van der Waals surface area contributed by atoms with Crippen LogP contribution in [0.25, 0.3) is 11.3 Å². The van der Waals surface area contributed by atoms with Crippen molar-refractivity contribution in [3.8, 4) is 17.3 Å². The number of hydrazone groups is 1. The molecule has 0 atom stereocenters. The summed E-state index contributed by atoms with van der Waals surface area (Å²) in [6, 6.07) is 13.7. The number of nitro groups is 1. The summed E-state index contributed by atoms with van der Waals surface area (Å²) >= 11 is 1.19. The Bertz CT molecular complexity index is 1020. The van der Waals surface area contributed by atoms with Gasteiger partial charge < -0.3 is 0 Å². The lowest BCUT2D eigenvalue weighted by Crippen LogP contribution is -2.03. The van der Waals surface area contributed by atoms with Crippen LogP contribution in [-0.2, 0) is 0 Å². The second-order valence-corrected chi connectivity index (χ2v) is 5.86. The Kier molecular flexibility index (Phi) is 4.96. The van der Waals surface area contributed by atoms with E-state index >= 15 is 0 Å². The molecule has 0 amide bonds. The second kappa shape index (κ2) is 7.50. The lowest BCUT2D eigenvalue weighted by atomic mass is 10.2. The molecule has 0 radical (unpaired) electrons. The summed E-state index contributed by atoms with van der Waals surface area (Å²) in [5.41, 5.74) is 3.83. The molecule has 0 aliphatic rings. The summed E-state index contributed by atoms with van der Waals surface area (Å²) in [7, 11) is 0. The van der Waals surface area contributed by atoms with Crippen molar-refractivity contribution in [1.82, 2.24) is 4.98 Å². The summed E-state index contributed by atoms with van der Waals surface area (Å²) in [4.78, 5) is 14.8. The molecule has 0 aliphatic carbocycles. The van der Waals surface area contributed by atoms with Crippen molar-refractivity contribution in [2.45, 2.75) is 0 Å². The van der Waals surface area contributed by atoms with Crippen LogP contribution in [0.3, 0.4) is 0 Å². The molecule has 7 nitrogen and oxygen atoms in total. The van der Waals surface area contributed by atoms with Gasteiger partial charge in [-0.3, -0.25) is 15.5 Å².